The Morgan fingerprint density at radius 1 is 1.29 bits per heavy atom. The third-order valence-corrected chi connectivity index (χ3v) is 3.61. The van der Waals surface area contributed by atoms with Gasteiger partial charge in [0.1, 0.15) is 5.75 Å². The number of nitrogens with zero attached hydrogens (tertiary/aromatic N) is 1. The van der Waals surface area contributed by atoms with Crippen molar-refractivity contribution in [3.05, 3.63) is 28.2 Å². The molecule has 1 aromatic carbocycles. The zero-order valence-electron chi connectivity index (χ0n) is 14.9. The van der Waals surface area contributed by atoms with Gasteiger partial charge in [0, 0.05) is 43.4 Å². The summed E-state index contributed by atoms with van der Waals surface area (Å²) < 4.78 is 12.0. The minimum atomic E-state index is 0. The number of hydrogen-bond acceptors (Lipinski definition) is 3. The molecule has 0 aliphatic rings. The first-order valence-electron chi connectivity index (χ1n) is 7.91. The van der Waals surface area contributed by atoms with Crippen LogP contribution in [0.2, 0.25) is 0 Å². The van der Waals surface area contributed by atoms with E-state index in [9.17, 15) is 0 Å². The van der Waals surface area contributed by atoms with E-state index < -0.39 is 0 Å². The van der Waals surface area contributed by atoms with Crippen LogP contribution in [0.1, 0.15) is 25.8 Å². The summed E-state index contributed by atoms with van der Waals surface area (Å²) in [4.78, 5) is 4.23. The van der Waals surface area contributed by atoms with Gasteiger partial charge in [0.05, 0.1) is 7.11 Å². The van der Waals surface area contributed by atoms with E-state index in [1.165, 1.54) is 0 Å². The van der Waals surface area contributed by atoms with Crippen LogP contribution >= 0.6 is 39.9 Å². The number of rotatable bonds is 9. The van der Waals surface area contributed by atoms with Crippen molar-refractivity contribution in [2.75, 3.05) is 33.9 Å². The second-order valence-corrected chi connectivity index (χ2v) is 6.55. The third kappa shape index (κ3) is 9.68. The van der Waals surface area contributed by atoms with Gasteiger partial charge in [-0.05, 0) is 30.5 Å². The van der Waals surface area contributed by atoms with Gasteiger partial charge in [-0.15, -0.1) is 24.0 Å². The van der Waals surface area contributed by atoms with Crippen LogP contribution in [-0.4, -0.2) is 39.9 Å². The summed E-state index contributed by atoms with van der Waals surface area (Å²) >= 11 is 3.48. The Hall–Kier alpha value is -0.540. The van der Waals surface area contributed by atoms with Crippen LogP contribution in [0.5, 0.6) is 5.75 Å². The molecule has 0 amide bonds. The summed E-state index contributed by atoms with van der Waals surface area (Å²) in [5.74, 6) is 2.21. The first kappa shape index (κ1) is 23.5. The summed E-state index contributed by atoms with van der Waals surface area (Å²) in [6.45, 7) is 7.36. The predicted octanol–water partition coefficient (Wildman–Crippen LogP) is 3.80. The van der Waals surface area contributed by atoms with Gasteiger partial charge in [-0.2, -0.15) is 0 Å². The molecule has 0 heterocycles. The lowest BCUT2D eigenvalue weighted by Gasteiger charge is -2.14. The molecule has 24 heavy (non-hydrogen) atoms. The van der Waals surface area contributed by atoms with E-state index in [-0.39, 0.29) is 24.0 Å². The van der Waals surface area contributed by atoms with Crippen molar-refractivity contribution in [3.8, 4) is 5.75 Å². The molecular weight excluding hydrogens is 485 g/mol. The van der Waals surface area contributed by atoms with Gasteiger partial charge in [-0.25, -0.2) is 0 Å². The standard InChI is InChI=1S/C17H28BrN3O2.HI/c1-13(2)12-23-9-5-8-20-17(19-3)21-11-14-10-15(18)6-7-16(14)22-4;/h6-7,10,13H,5,8-9,11-12H2,1-4H3,(H2,19,20,21);1H. The summed E-state index contributed by atoms with van der Waals surface area (Å²) in [7, 11) is 3.44. The lowest BCUT2D eigenvalue weighted by molar-refractivity contribution is 0.108. The Bertz CT molecular complexity index is 499. The maximum Gasteiger partial charge on any atom is 0.191 e. The number of ether oxygens (including phenoxy) is 2. The van der Waals surface area contributed by atoms with Crippen LogP contribution in [0.4, 0.5) is 0 Å². The number of guanidine groups is 1. The van der Waals surface area contributed by atoms with Crippen molar-refractivity contribution < 1.29 is 9.47 Å². The molecule has 5 nitrogen and oxygen atoms in total. The van der Waals surface area contributed by atoms with E-state index in [0.717, 1.165) is 47.9 Å². The van der Waals surface area contributed by atoms with Crippen LogP contribution in [0, 0.1) is 5.92 Å². The molecule has 1 rings (SSSR count). The van der Waals surface area contributed by atoms with E-state index in [1.54, 1.807) is 14.2 Å². The van der Waals surface area contributed by atoms with Crippen LogP contribution in [-0.2, 0) is 11.3 Å². The molecule has 0 aromatic heterocycles. The van der Waals surface area contributed by atoms with Gasteiger partial charge in [0.15, 0.2) is 5.96 Å². The van der Waals surface area contributed by atoms with Crippen LogP contribution in [0.3, 0.4) is 0 Å². The molecule has 0 saturated carbocycles. The van der Waals surface area contributed by atoms with Crippen LogP contribution in [0.25, 0.3) is 0 Å². The Balaban J connectivity index is 0.00000529. The quantitative estimate of drug-likeness (QED) is 0.228. The third-order valence-electron chi connectivity index (χ3n) is 3.12. The lowest BCUT2D eigenvalue weighted by Crippen LogP contribution is -2.37. The van der Waals surface area contributed by atoms with Gasteiger partial charge >= 0.3 is 0 Å². The number of nitrogens with one attached hydrogen (secondary N) is 2. The van der Waals surface area contributed by atoms with Crippen molar-refractivity contribution in [2.45, 2.75) is 26.8 Å². The van der Waals surface area contributed by atoms with E-state index in [4.69, 9.17) is 9.47 Å². The number of methoxy groups -OCH3 is 1. The summed E-state index contributed by atoms with van der Waals surface area (Å²) in [5.41, 5.74) is 1.07. The average Bonchev–Trinajstić information content (AvgIpc) is 2.53. The minimum Gasteiger partial charge on any atom is -0.496 e. The summed E-state index contributed by atoms with van der Waals surface area (Å²) in [6.07, 6.45) is 0.952. The largest absolute Gasteiger partial charge is 0.496 e. The number of halogens is 2. The summed E-state index contributed by atoms with van der Waals surface area (Å²) in [5, 5.41) is 6.58. The highest BCUT2D eigenvalue weighted by Gasteiger charge is 2.05. The van der Waals surface area contributed by atoms with Gasteiger partial charge in [-0.3, -0.25) is 4.99 Å². The van der Waals surface area contributed by atoms with Gasteiger partial charge in [0.2, 0.25) is 0 Å². The fourth-order valence-electron chi connectivity index (χ4n) is 1.98. The fourth-order valence-corrected chi connectivity index (χ4v) is 2.39. The molecule has 0 saturated heterocycles. The number of aliphatic imine (C=N–C) groups is 1. The molecule has 0 unspecified atom stereocenters. The average molecular weight is 514 g/mol. The Morgan fingerprint density at radius 2 is 2.04 bits per heavy atom. The molecule has 0 radical (unpaired) electrons. The monoisotopic (exact) mass is 513 g/mol. The molecule has 0 aliphatic heterocycles. The minimum absolute atomic E-state index is 0. The van der Waals surface area contributed by atoms with Crippen LogP contribution < -0.4 is 15.4 Å². The smallest absolute Gasteiger partial charge is 0.191 e. The molecule has 1 aromatic rings. The zero-order valence-corrected chi connectivity index (χ0v) is 18.8. The second-order valence-electron chi connectivity index (χ2n) is 5.63. The highest BCUT2D eigenvalue weighted by Crippen LogP contribution is 2.22. The Kier molecular flexibility index (Phi) is 13.4. The summed E-state index contributed by atoms with van der Waals surface area (Å²) in [6, 6.07) is 5.95. The highest BCUT2D eigenvalue weighted by atomic mass is 127. The number of hydrogen-bond donors (Lipinski definition) is 2. The van der Waals surface area contributed by atoms with Crippen LogP contribution in [0.15, 0.2) is 27.7 Å². The van der Waals surface area contributed by atoms with Crippen molar-refractivity contribution in [3.63, 3.8) is 0 Å². The molecule has 2 N–H and O–H groups in total. The predicted molar refractivity (Wildman–Crippen MR) is 115 cm³/mol. The Morgan fingerprint density at radius 3 is 2.67 bits per heavy atom. The zero-order chi connectivity index (χ0) is 17.1. The van der Waals surface area contributed by atoms with E-state index in [0.29, 0.717) is 12.5 Å². The van der Waals surface area contributed by atoms with Crippen molar-refractivity contribution >= 4 is 45.9 Å². The molecule has 0 aliphatic carbocycles. The van der Waals surface area contributed by atoms with E-state index >= 15 is 0 Å². The number of benzene rings is 1. The van der Waals surface area contributed by atoms with Crippen molar-refractivity contribution in [2.24, 2.45) is 10.9 Å². The molecule has 7 heteroatoms. The van der Waals surface area contributed by atoms with Crippen molar-refractivity contribution in [1.82, 2.24) is 10.6 Å². The highest BCUT2D eigenvalue weighted by molar-refractivity contribution is 14.0. The second kappa shape index (κ2) is 13.7. The molecule has 0 bridgehead atoms. The molecule has 0 spiro atoms. The fraction of sp³-hybridized carbons (Fsp3) is 0.588. The first-order chi connectivity index (χ1) is 11.1. The Labute approximate surface area is 171 Å². The van der Waals surface area contributed by atoms with Gasteiger partial charge in [0.25, 0.3) is 0 Å². The molecule has 0 fully saturated rings. The molecule has 0 atom stereocenters. The molecular formula is C17H29BrIN3O2. The van der Waals surface area contributed by atoms with E-state index in [2.05, 4.69) is 45.4 Å². The topological polar surface area (TPSA) is 54.9 Å². The lowest BCUT2D eigenvalue weighted by atomic mass is 10.2. The first-order valence-corrected chi connectivity index (χ1v) is 8.70. The molecule has 138 valence electrons. The normalized spacial score (nSPS) is 11.2. The maximum absolute atomic E-state index is 5.56. The van der Waals surface area contributed by atoms with E-state index in [1.807, 2.05) is 18.2 Å². The van der Waals surface area contributed by atoms with Gasteiger partial charge in [-0.1, -0.05) is 29.8 Å². The maximum atomic E-state index is 5.56. The SMILES string of the molecule is CN=C(NCCCOCC(C)C)NCc1cc(Br)ccc1OC.I. The van der Waals surface area contributed by atoms with Crippen molar-refractivity contribution in [1.29, 1.82) is 0 Å². The van der Waals surface area contributed by atoms with Gasteiger partial charge < -0.3 is 20.1 Å².